The monoisotopic (exact) mass is 1290 g/mol. The molecule has 0 aromatic heterocycles. The van der Waals surface area contributed by atoms with Crippen LogP contribution in [0.25, 0.3) is 75.4 Å². The van der Waals surface area contributed by atoms with E-state index in [0.717, 1.165) is 0 Å². The Bertz CT molecular complexity index is 4630. The van der Waals surface area contributed by atoms with Crippen molar-refractivity contribution in [3.05, 3.63) is 326 Å². The van der Waals surface area contributed by atoms with E-state index in [1.165, 1.54) is 231 Å². The first-order valence-electron chi connectivity index (χ1n) is 35.5. The van der Waals surface area contributed by atoms with E-state index in [0.29, 0.717) is 0 Å². The van der Waals surface area contributed by atoms with Gasteiger partial charge in [-0.25, -0.2) is 0 Å². The van der Waals surface area contributed by atoms with Crippen molar-refractivity contribution in [1.29, 1.82) is 0 Å². The van der Waals surface area contributed by atoms with Gasteiger partial charge in [-0.05, 0) is 425 Å². The molecular weight excluding hydrogens is 1180 g/mol. The maximum atomic E-state index is 2.27. The normalized spacial score (nSPS) is 10.9. The van der Waals surface area contributed by atoms with Crippen molar-refractivity contribution < 1.29 is 0 Å². The van der Waals surface area contributed by atoms with Crippen LogP contribution in [0.15, 0.2) is 170 Å². The van der Waals surface area contributed by atoms with Gasteiger partial charge in [0, 0.05) is 0 Å². The molecule has 0 radical (unpaired) electrons. The minimum atomic E-state index is 1.36. The lowest BCUT2D eigenvalue weighted by molar-refractivity contribution is 1.25. The van der Waals surface area contributed by atoms with Gasteiger partial charge in [-0.15, -0.1) is 0 Å². The lowest BCUT2D eigenvalue weighted by atomic mass is 9.92. The van der Waals surface area contributed by atoms with Crippen LogP contribution in [0.2, 0.25) is 0 Å². The fourth-order valence-corrected chi connectivity index (χ4v) is 14.0. The molecule has 0 aliphatic rings. The fraction of sp³-hybridized carbons (Fsp3) is 0.286. The summed E-state index contributed by atoms with van der Waals surface area (Å²) in [6, 6.07) is 61.7. The van der Waals surface area contributed by atoms with Gasteiger partial charge in [-0.2, -0.15) is 0 Å². The molecule has 0 saturated heterocycles. The third-order valence-electron chi connectivity index (χ3n) is 23.1. The summed E-state index contributed by atoms with van der Waals surface area (Å²) >= 11 is 0. The van der Waals surface area contributed by atoms with Gasteiger partial charge in [0.1, 0.15) is 0 Å². The minimum Gasteiger partial charge on any atom is -0.0616 e. The Labute approximate surface area is 591 Å². The molecule has 0 aliphatic heterocycles. The van der Waals surface area contributed by atoms with Gasteiger partial charge in [0.2, 0.25) is 0 Å². The first-order valence-corrected chi connectivity index (χ1v) is 35.5. The van der Waals surface area contributed by atoms with Crippen molar-refractivity contribution in [1.82, 2.24) is 0 Å². The van der Waals surface area contributed by atoms with E-state index in [9.17, 15) is 0 Å². The molecule has 0 unspecified atom stereocenters. The van der Waals surface area contributed by atoms with E-state index in [1.807, 2.05) is 0 Å². The molecule has 0 nitrogen and oxygen atoms in total. The number of fused-ring (bicyclic) bond motifs is 7. The van der Waals surface area contributed by atoms with E-state index in [2.05, 4.69) is 364 Å². The Kier molecular flexibility index (Phi) is 24.1. The first-order chi connectivity index (χ1) is 46.3. The van der Waals surface area contributed by atoms with Crippen LogP contribution in [-0.4, -0.2) is 0 Å². The highest BCUT2D eigenvalue weighted by Gasteiger charge is 2.12. The van der Waals surface area contributed by atoms with Crippen LogP contribution in [0, 0.1) is 194 Å². The van der Waals surface area contributed by atoms with Crippen LogP contribution in [0.1, 0.15) is 156 Å². The van der Waals surface area contributed by atoms with Crippen LogP contribution in [0.4, 0.5) is 0 Å². The molecule has 504 valence electrons. The van der Waals surface area contributed by atoms with E-state index in [-0.39, 0.29) is 0 Å². The Morgan fingerprint density at radius 3 is 0.480 bits per heavy atom. The van der Waals surface area contributed by atoms with Gasteiger partial charge < -0.3 is 0 Å². The van der Waals surface area contributed by atoms with Crippen molar-refractivity contribution in [3.8, 4) is 0 Å². The number of rotatable bonds is 0. The number of hydrogen-bond donors (Lipinski definition) is 0. The predicted octanol–water partition coefficient (Wildman–Crippen LogP) is 28.5. The molecule has 14 aromatic carbocycles. The van der Waals surface area contributed by atoms with E-state index in [1.54, 1.807) is 0 Å². The van der Waals surface area contributed by atoms with Gasteiger partial charge in [-0.1, -0.05) is 170 Å². The van der Waals surface area contributed by atoms with Gasteiger partial charge in [-0.3, -0.25) is 0 Å². The number of benzene rings is 14. The minimum absolute atomic E-state index is 1.36. The highest BCUT2D eigenvalue weighted by atomic mass is 14.2. The maximum absolute atomic E-state index is 2.27. The molecule has 0 aliphatic carbocycles. The molecule has 0 atom stereocenters. The topological polar surface area (TPSA) is 0 Å². The molecular formula is C98H112. The third-order valence-corrected chi connectivity index (χ3v) is 23.1. The molecule has 0 saturated carbocycles. The standard InChI is InChI=1S/7C14H16/c1-9-5-13-7-11(3)12(4)8-14(13)6-10(9)2;2*1-9-5-7-14-12(4)10(2)6-8-13(14)11(9)3;1-9-5-7-13-8-6-10(2)12(4)14(13)11(9)3;3*1-9-10(2)12(4)14-8-6-5-7-13(14)11(9)3/h7*5-8H,1-4H3. The second kappa shape index (κ2) is 31.6. The molecule has 0 heterocycles. The van der Waals surface area contributed by atoms with Crippen molar-refractivity contribution in [2.45, 2.75) is 194 Å². The van der Waals surface area contributed by atoms with E-state index < -0.39 is 0 Å². The Hall–Kier alpha value is -9.10. The molecule has 0 N–H and O–H groups in total. The summed E-state index contributed by atoms with van der Waals surface area (Å²) in [5.41, 5.74) is 39.3. The highest BCUT2D eigenvalue weighted by molar-refractivity contribution is 5.95. The van der Waals surface area contributed by atoms with Gasteiger partial charge in [0.05, 0.1) is 0 Å². The summed E-state index contributed by atoms with van der Waals surface area (Å²) in [6.45, 7) is 61.5. The second-order valence-corrected chi connectivity index (χ2v) is 28.7. The summed E-state index contributed by atoms with van der Waals surface area (Å²) in [5, 5.41) is 19.5. The average molecular weight is 1290 g/mol. The summed E-state index contributed by atoms with van der Waals surface area (Å²) in [6.07, 6.45) is 0. The highest BCUT2D eigenvalue weighted by Crippen LogP contribution is 2.34. The SMILES string of the molecule is Cc1c(C)c(C)c2ccccc2c1C.Cc1c(C)c(C)c2ccccc2c1C.Cc1c(C)c(C)c2ccccc2c1C.Cc1cc2cc(C)c(C)cc2cc1C.Cc1ccc2c(C)c(C)ccc2c1C.Cc1ccc2c(C)c(C)ccc2c1C.Cc1ccc2ccc(C)c(C)c2c1C. The Morgan fingerprint density at radius 2 is 0.286 bits per heavy atom. The third kappa shape index (κ3) is 15.7. The zero-order valence-corrected chi connectivity index (χ0v) is 65.2. The van der Waals surface area contributed by atoms with E-state index in [4.69, 9.17) is 0 Å². The molecule has 98 heavy (non-hydrogen) atoms. The fourth-order valence-electron chi connectivity index (χ4n) is 14.0. The van der Waals surface area contributed by atoms with Crippen molar-refractivity contribution in [2.24, 2.45) is 0 Å². The summed E-state index contributed by atoms with van der Waals surface area (Å²) in [7, 11) is 0. The quantitative estimate of drug-likeness (QED) is 0.142. The van der Waals surface area contributed by atoms with Crippen LogP contribution in [0.5, 0.6) is 0 Å². The molecule has 14 aromatic rings. The lowest BCUT2D eigenvalue weighted by Crippen LogP contribution is -1.93. The van der Waals surface area contributed by atoms with Gasteiger partial charge in [0.25, 0.3) is 0 Å². The molecule has 0 heteroatoms. The van der Waals surface area contributed by atoms with E-state index >= 15 is 0 Å². The number of hydrogen-bond acceptors (Lipinski definition) is 0. The van der Waals surface area contributed by atoms with Crippen molar-refractivity contribution in [2.75, 3.05) is 0 Å². The molecule has 0 spiro atoms. The zero-order chi connectivity index (χ0) is 72.0. The predicted molar refractivity (Wildman–Crippen MR) is 440 cm³/mol. The van der Waals surface area contributed by atoms with Crippen LogP contribution in [-0.2, 0) is 0 Å². The lowest BCUT2D eigenvalue weighted by Gasteiger charge is -2.13. The van der Waals surface area contributed by atoms with Gasteiger partial charge in [0.15, 0.2) is 0 Å². The number of aryl methyl sites for hydroxylation is 22. The van der Waals surface area contributed by atoms with Gasteiger partial charge >= 0.3 is 0 Å². The second-order valence-electron chi connectivity index (χ2n) is 28.7. The maximum Gasteiger partial charge on any atom is -0.0120 e. The Morgan fingerprint density at radius 1 is 0.122 bits per heavy atom. The Balaban J connectivity index is 0.000000146. The smallest absolute Gasteiger partial charge is 0.0120 e. The van der Waals surface area contributed by atoms with Crippen molar-refractivity contribution >= 4 is 75.4 Å². The largest absolute Gasteiger partial charge is 0.0616 e. The van der Waals surface area contributed by atoms with Crippen LogP contribution in [0.3, 0.4) is 0 Å². The summed E-state index contributed by atoms with van der Waals surface area (Å²) in [5.74, 6) is 0. The molecule has 0 fully saturated rings. The molecule has 14 rings (SSSR count). The summed E-state index contributed by atoms with van der Waals surface area (Å²) in [4.78, 5) is 0. The molecule has 0 bridgehead atoms. The first kappa shape index (κ1) is 74.7. The molecule has 0 amide bonds. The zero-order valence-electron chi connectivity index (χ0n) is 65.2. The van der Waals surface area contributed by atoms with Crippen molar-refractivity contribution in [3.63, 3.8) is 0 Å². The average Bonchev–Trinajstić information content (AvgIpc) is 0.817. The van der Waals surface area contributed by atoms with Crippen LogP contribution < -0.4 is 0 Å². The van der Waals surface area contributed by atoms with Crippen LogP contribution >= 0.6 is 0 Å². The summed E-state index contributed by atoms with van der Waals surface area (Å²) < 4.78 is 0.